The molecule has 0 aliphatic carbocycles. The van der Waals surface area contributed by atoms with Gasteiger partial charge in [-0.1, -0.05) is 24.3 Å². The number of benzene rings is 1. The Morgan fingerprint density at radius 1 is 1.20 bits per heavy atom. The maximum Gasteiger partial charge on any atom is 0.154 e. The maximum atomic E-state index is 5.68. The number of fused-ring (bicyclic) bond motifs is 1. The van der Waals surface area contributed by atoms with Crippen LogP contribution in [0.15, 0.2) is 70.5 Å². The molecule has 0 radical (unpaired) electrons. The van der Waals surface area contributed by atoms with Crippen LogP contribution in [-0.2, 0) is 19.4 Å². The van der Waals surface area contributed by atoms with Gasteiger partial charge in [0.15, 0.2) is 5.82 Å². The molecule has 0 saturated heterocycles. The molecule has 7 nitrogen and oxygen atoms in total. The van der Waals surface area contributed by atoms with Gasteiger partial charge in [0.05, 0.1) is 11.8 Å². The molecule has 0 unspecified atom stereocenters. The molecule has 0 atom stereocenters. The Labute approximate surface area is 174 Å². The number of aromatic amines is 1. The zero-order valence-corrected chi connectivity index (χ0v) is 16.8. The van der Waals surface area contributed by atoms with Gasteiger partial charge in [-0.3, -0.25) is 4.99 Å². The van der Waals surface area contributed by atoms with Crippen molar-refractivity contribution in [2.24, 2.45) is 10.7 Å². The summed E-state index contributed by atoms with van der Waals surface area (Å²) in [7, 11) is 1.73. The second-order valence-electron chi connectivity index (χ2n) is 6.88. The minimum Gasteiger partial charge on any atom is -0.469 e. The van der Waals surface area contributed by atoms with Crippen molar-refractivity contribution in [3.05, 3.63) is 83.8 Å². The number of anilines is 1. The van der Waals surface area contributed by atoms with E-state index in [1.807, 2.05) is 30.3 Å². The Kier molecular flexibility index (Phi) is 5.89. The fraction of sp³-hybridized carbons (Fsp3) is 0.174. The zero-order chi connectivity index (χ0) is 20.8. The van der Waals surface area contributed by atoms with E-state index in [1.165, 1.54) is 0 Å². The van der Waals surface area contributed by atoms with Gasteiger partial charge in [-0.2, -0.15) is 0 Å². The molecule has 3 aromatic heterocycles. The van der Waals surface area contributed by atoms with E-state index in [1.54, 1.807) is 31.9 Å². The third-order valence-corrected chi connectivity index (χ3v) is 4.83. The van der Waals surface area contributed by atoms with Crippen molar-refractivity contribution in [3.63, 3.8) is 0 Å². The van der Waals surface area contributed by atoms with Gasteiger partial charge in [0, 0.05) is 50.6 Å². The molecule has 3 heterocycles. The Morgan fingerprint density at radius 3 is 2.80 bits per heavy atom. The number of hydrogen-bond acceptors (Lipinski definition) is 6. The van der Waals surface area contributed by atoms with E-state index < -0.39 is 0 Å². The smallest absolute Gasteiger partial charge is 0.154 e. The van der Waals surface area contributed by atoms with E-state index in [0.29, 0.717) is 6.54 Å². The quantitative estimate of drug-likeness (QED) is 0.388. The predicted octanol–water partition coefficient (Wildman–Crippen LogP) is 3.95. The van der Waals surface area contributed by atoms with Gasteiger partial charge in [-0.25, -0.2) is 9.97 Å². The summed E-state index contributed by atoms with van der Waals surface area (Å²) >= 11 is 0. The van der Waals surface area contributed by atoms with Crippen LogP contribution in [0.5, 0.6) is 0 Å². The number of aliphatic imine (C=N–C) groups is 1. The molecule has 4 aromatic rings. The van der Waals surface area contributed by atoms with Crippen molar-refractivity contribution in [2.45, 2.75) is 19.4 Å². The third-order valence-electron chi connectivity index (χ3n) is 4.83. The van der Waals surface area contributed by atoms with Crippen molar-refractivity contribution < 1.29 is 4.42 Å². The Balaban J connectivity index is 1.44. The molecule has 152 valence electrons. The lowest BCUT2D eigenvalue weighted by Crippen LogP contribution is -2.02. The summed E-state index contributed by atoms with van der Waals surface area (Å²) in [4.78, 5) is 16.6. The van der Waals surface area contributed by atoms with Crippen molar-refractivity contribution >= 4 is 28.6 Å². The first-order valence-electron chi connectivity index (χ1n) is 9.80. The predicted molar refractivity (Wildman–Crippen MR) is 120 cm³/mol. The molecule has 0 bridgehead atoms. The summed E-state index contributed by atoms with van der Waals surface area (Å²) < 4.78 is 5.40. The van der Waals surface area contributed by atoms with Gasteiger partial charge >= 0.3 is 0 Å². The highest BCUT2D eigenvalue weighted by atomic mass is 16.3. The number of nitrogens with one attached hydrogen (secondary N) is 2. The average molecular weight is 400 g/mol. The first-order valence-corrected chi connectivity index (χ1v) is 9.80. The monoisotopic (exact) mass is 400 g/mol. The standard InChI is InChI=1S/C23H24N6O/c1-25-15-18(13-24)17-6-4-16(5-7-17)14-27-23-22-20(10-11-26-23)28-21(29-22)9-8-19-3-2-12-30-19/h2-7,10-13,15H,8-9,14,24H2,1H3,(H,26,27)(H,28,29)/b18-13+,25-15?. The lowest BCUT2D eigenvalue weighted by molar-refractivity contribution is 0.507. The molecular formula is C23H24N6O. The number of pyridine rings is 1. The largest absolute Gasteiger partial charge is 0.469 e. The molecular weight excluding hydrogens is 376 g/mol. The molecule has 7 heteroatoms. The van der Waals surface area contributed by atoms with Crippen molar-refractivity contribution in [1.29, 1.82) is 0 Å². The van der Waals surface area contributed by atoms with Crippen molar-refractivity contribution in [1.82, 2.24) is 15.0 Å². The number of H-pyrrole nitrogens is 1. The summed E-state index contributed by atoms with van der Waals surface area (Å²) in [5.41, 5.74) is 10.5. The summed E-state index contributed by atoms with van der Waals surface area (Å²) in [6.07, 6.45) is 8.37. The number of nitrogens with zero attached hydrogens (tertiary/aromatic N) is 3. The van der Waals surface area contributed by atoms with Gasteiger partial charge in [-0.05, 0) is 29.3 Å². The molecule has 0 fully saturated rings. The van der Waals surface area contributed by atoms with E-state index in [2.05, 4.69) is 32.4 Å². The van der Waals surface area contributed by atoms with E-state index in [-0.39, 0.29) is 0 Å². The molecule has 0 aliphatic heterocycles. The van der Waals surface area contributed by atoms with Crippen LogP contribution < -0.4 is 11.1 Å². The highest BCUT2D eigenvalue weighted by Crippen LogP contribution is 2.21. The number of allylic oxidation sites excluding steroid dienone is 1. The molecule has 4 N–H and O–H groups in total. The fourth-order valence-corrected chi connectivity index (χ4v) is 3.28. The normalized spacial score (nSPS) is 12.1. The lowest BCUT2D eigenvalue weighted by Gasteiger charge is -2.07. The van der Waals surface area contributed by atoms with Gasteiger partial charge in [-0.15, -0.1) is 0 Å². The van der Waals surface area contributed by atoms with Crippen LogP contribution in [0.4, 0.5) is 5.82 Å². The highest BCUT2D eigenvalue weighted by molar-refractivity contribution is 6.09. The maximum absolute atomic E-state index is 5.68. The van der Waals surface area contributed by atoms with Crippen LogP contribution in [0.25, 0.3) is 16.6 Å². The molecule has 0 amide bonds. The molecule has 1 aromatic carbocycles. The summed E-state index contributed by atoms with van der Waals surface area (Å²) in [6, 6.07) is 14.0. The van der Waals surface area contributed by atoms with Gasteiger partial charge < -0.3 is 20.5 Å². The minimum atomic E-state index is 0.643. The van der Waals surface area contributed by atoms with Crippen LogP contribution in [-0.4, -0.2) is 28.2 Å². The van der Waals surface area contributed by atoms with Crippen LogP contribution in [0.3, 0.4) is 0 Å². The van der Waals surface area contributed by atoms with Crippen molar-refractivity contribution in [3.8, 4) is 0 Å². The second kappa shape index (κ2) is 9.09. The van der Waals surface area contributed by atoms with E-state index >= 15 is 0 Å². The van der Waals surface area contributed by atoms with Crippen LogP contribution in [0.1, 0.15) is 22.7 Å². The molecule has 0 spiro atoms. The molecule has 0 saturated carbocycles. The Bertz CT molecular complexity index is 1160. The van der Waals surface area contributed by atoms with Gasteiger partial charge in [0.1, 0.15) is 17.1 Å². The molecule has 30 heavy (non-hydrogen) atoms. The van der Waals surface area contributed by atoms with Crippen LogP contribution in [0.2, 0.25) is 0 Å². The Morgan fingerprint density at radius 2 is 2.07 bits per heavy atom. The third kappa shape index (κ3) is 4.41. The molecule has 0 aliphatic rings. The van der Waals surface area contributed by atoms with E-state index in [4.69, 9.17) is 15.1 Å². The van der Waals surface area contributed by atoms with E-state index in [9.17, 15) is 0 Å². The Hall–Kier alpha value is -3.87. The fourth-order valence-electron chi connectivity index (χ4n) is 3.28. The minimum absolute atomic E-state index is 0.643. The zero-order valence-electron chi connectivity index (χ0n) is 16.8. The number of rotatable bonds is 8. The lowest BCUT2D eigenvalue weighted by atomic mass is 10.1. The number of hydrogen-bond donors (Lipinski definition) is 3. The average Bonchev–Trinajstić information content (AvgIpc) is 3.44. The first-order chi connectivity index (χ1) is 14.8. The number of imidazole rings is 1. The van der Waals surface area contributed by atoms with Crippen molar-refractivity contribution in [2.75, 3.05) is 12.4 Å². The molecule has 4 rings (SSSR count). The topological polar surface area (TPSA) is 105 Å². The number of aryl methyl sites for hydroxylation is 2. The van der Waals surface area contributed by atoms with Crippen LogP contribution in [0, 0.1) is 0 Å². The summed E-state index contributed by atoms with van der Waals surface area (Å²) in [5, 5.41) is 3.40. The van der Waals surface area contributed by atoms with Gasteiger partial charge in [0.25, 0.3) is 0 Å². The summed E-state index contributed by atoms with van der Waals surface area (Å²) in [6.45, 7) is 0.643. The second-order valence-corrected chi connectivity index (χ2v) is 6.88. The van der Waals surface area contributed by atoms with E-state index in [0.717, 1.165) is 58.0 Å². The highest BCUT2D eigenvalue weighted by Gasteiger charge is 2.09. The SMILES string of the molecule is CN=C/C(=C\N)c1ccc(CNc2nccc3[nH]c(CCc4ccco4)nc23)cc1. The summed E-state index contributed by atoms with van der Waals surface area (Å²) in [5.74, 6) is 2.63. The number of nitrogens with two attached hydrogens (primary N) is 1. The number of aromatic nitrogens is 3. The van der Waals surface area contributed by atoms with Crippen LogP contribution >= 0.6 is 0 Å². The first kappa shape index (κ1) is 19.4. The number of furan rings is 1. The van der Waals surface area contributed by atoms with Gasteiger partial charge in [0.2, 0.25) is 0 Å².